The first-order valence-corrected chi connectivity index (χ1v) is 6.67. The molecule has 1 atom stereocenters. The zero-order valence-electron chi connectivity index (χ0n) is 9.63. The van der Waals surface area contributed by atoms with Crippen LogP contribution in [0.1, 0.15) is 24.8 Å². The van der Waals surface area contributed by atoms with Gasteiger partial charge in [-0.05, 0) is 53.7 Å². The molecule has 0 bridgehead atoms. The highest BCUT2D eigenvalue weighted by molar-refractivity contribution is 9.10. The van der Waals surface area contributed by atoms with E-state index in [0.29, 0.717) is 6.10 Å². The van der Waals surface area contributed by atoms with E-state index in [1.807, 2.05) is 0 Å². The van der Waals surface area contributed by atoms with Crippen molar-refractivity contribution in [1.29, 1.82) is 0 Å². The maximum absolute atomic E-state index is 5.69. The molecule has 0 aromatic heterocycles. The lowest BCUT2D eigenvalue weighted by molar-refractivity contribution is 0.0247. The molecule has 3 heteroatoms. The van der Waals surface area contributed by atoms with Crippen molar-refractivity contribution < 1.29 is 4.74 Å². The topological polar surface area (TPSA) is 21.3 Å². The van der Waals surface area contributed by atoms with Crippen LogP contribution in [0.5, 0.6) is 0 Å². The summed E-state index contributed by atoms with van der Waals surface area (Å²) in [6.45, 7) is 3.93. The summed E-state index contributed by atoms with van der Waals surface area (Å²) in [5.74, 6) is 0. The molecule has 2 nitrogen and oxygen atoms in total. The molecule has 2 rings (SSSR count). The van der Waals surface area contributed by atoms with Gasteiger partial charge < -0.3 is 10.1 Å². The molecule has 1 aromatic carbocycles. The van der Waals surface area contributed by atoms with Gasteiger partial charge in [-0.1, -0.05) is 12.1 Å². The standard InChI is InChI=1S/C13H18BrNO/c1-10-5-4-7-12(13(10)14)15-9-11-6-2-3-8-16-11/h4-5,7,11,15H,2-3,6,8-9H2,1H3. The molecule has 1 aliphatic rings. The van der Waals surface area contributed by atoms with Crippen LogP contribution in [0, 0.1) is 6.92 Å². The van der Waals surface area contributed by atoms with Crippen LogP contribution >= 0.6 is 15.9 Å². The van der Waals surface area contributed by atoms with Crippen molar-refractivity contribution in [2.24, 2.45) is 0 Å². The van der Waals surface area contributed by atoms with Crippen molar-refractivity contribution >= 4 is 21.6 Å². The highest BCUT2D eigenvalue weighted by Crippen LogP contribution is 2.26. The van der Waals surface area contributed by atoms with Gasteiger partial charge in [0.2, 0.25) is 0 Å². The van der Waals surface area contributed by atoms with Crippen molar-refractivity contribution in [2.45, 2.75) is 32.3 Å². The van der Waals surface area contributed by atoms with Gasteiger partial charge in [0.05, 0.1) is 6.10 Å². The van der Waals surface area contributed by atoms with Crippen LogP contribution in [0.15, 0.2) is 22.7 Å². The number of anilines is 1. The van der Waals surface area contributed by atoms with Crippen LogP contribution in [0.2, 0.25) is 0 Å². The molecule has 0 spiro atoms. The van der Waals surface area contributed by atoms with E-state index in [9.17, 15) is 0 Å². The van der Waals surface area contributed by atoms with Crippen LogP contribution < -0.4 is 5.32 Å². The molecule has 0 radical (unpaired) electrons. The molecule has 16 heavy (non-hydrogen) atoms. The Bertz CT molecular complexity index is 348. The monoisotopic (exact) mass is 283 g/mol. The van der Waals surface area contributed by atoms with E-state index in [4.69, 9.17) is 4.74 Å². The van der Waals surface area contributed by atoms with Crippen LogP contribution in [-0.2, 0) is 4.74 Å². The Hall–Kier alpha value is -0.540. The molecule has 1 aromatic rings. The van der Waals surface area contributed by atoms with E-state index in [0.717, 1.165) is 23.3 Å². The Labute approximate surface area is 106 Å². The van der Waals surface area contributed by atoms with Crippen molar-refractivity contribution in [2.75, 3.05) is 18.5 Å². The van der Waals surface area contributed by atoms with Gasteiger partial charge in [-0.3, -0.25) is 0 Å². The molecular weight excluding hydrogens is 266 g/mol. The predicted molar refractivity (Wildman–Crippen MR) is 71.0 cm³/mol. The number of rotatable bonds is 3. The van der Waals surface area contributed by atoms with Crippen molar-refractivity contribution in [3.8, 4) is 0 Å². The fourth-order valence-electron chi connectivity index (χ4n) is 1.98. The second-order valence-corrected chi connectivity index (χ2v) is 5.10. The van der Waals surface area contributed by atoms with Crippen LogP contribution in [0.4, 0.5) is 5.69 Å². The minimum atomic E-state index is 0.376. The molecule has 1 fully saturated rings. The molecule has 0 amide bonds. The largest absolute Gasteiger partial charge is 0.382 e. The lowest BCUT2D eigenvalue weighted by atomic mass is 10.1. The Morgan fingerprint density at radius 1 is 1.44 bits per heavy atom. The van der Waals surface area contributed by atoms with Gasteiger partial charge in [0.15, 0.2) is 0 Å². The number of hydrogen-bond donors (Lipinski definition) is 1. The van der Waals surface area contributed by atoms with Gasteiger partial charge in [0, 0.05) is 23.3 Å². The average Bonchev–Trinajstić information content (AvgIpc) is 2.32. The van der Waals surface area contributed by atoms with E-state index in [1.165, 1.54) is 24.8 Å². The van der Waals surface area contributed by atoms with E-state index < -0.39 is 0 Å². The molecule has 88 valence electrons. The second-order valence-electron chi connectivity index (χ2n) is 4.31. The van der Waals surface area contributed by atoms with Crippen molar-refractivity contribution in [3.05, 3.63) is 28.2 Å². The van der Waals surface area contributed by atoms with Gasteiger partial charge in [0.25, 0.3) is 0 Å². The molecular formula is C13H18BrNO. The first kappa shape index (κ1) is 11.9. The quantitative estimate of drug-likeness (QED) is 0.913. The summed E-state index contributed by atoms with van der Waals surface area (Å²) < 4.78 is 6.85. The summed E-state index contributed by atoms with van der Waals surface area (Å²) in [7, 11) is 0. The first-order chi connectivity index (χ1) is 7.77. The number of benzene rings is 1. The number of hydrogen-bond acceptors (Lipinski definition) is 2. The minimum absolute atomic E-state index is 0.376. The maximum Gasteiger partial charge on any atom is 0.0747 e. The molecule has 0 saturated carbocycles. The summed E-state index contributed by atoms with van der Waals surface area (Å²) in [5, 5.41) is 3.45. The molecule has 1 heterocycles. The number of aryl methyl sites for hydroxylation is 1. The SMILES string of the molecule is Cc1cccc(NCC2CCCCO2)c1Br. The summed E-state index contributed by atoms with van der Waals surface area (Å²) in [5.41, 5.74) is 2.42. The zero-order chi connectivity index (χ0) is 11.4. The smallest absolute Gasteiger partial charge is 0.0747 e. The Morgan fingerprint density at radius 2 is 2.31 bits per heavy atom. The second kappa shape index (κ2) is 5.69. The van der Waals surface area contributed by atoms with Crippen molar-refractivity contribution in [3.63, 3.8) is 0 Å². The van der Waals surface area contributed by atoms with Crippen LogP contribution in [-0.4, -0.2) is 19.3 Å². The van der Waals surface area contributed by atoms with E-state index >= 15 is 0 Å². The molecule has 1 saturated heterocycles. The highest BCUT2D eigenvalue weighted by atomic mass is 79.9. The van der Waals surface area contributed by atoms with E-state index in [-0.39, 0.29) is 0 Å². The minimum Gasteiger partial charge on any atom is -0.382 e. The molecule has 1 aliphatic heterocycles. The Morgan fingerprint density at radius 3 is 3.06 bits per heavy atom. The normalized spacial score (nSPS) is 20.8. The lowest BCUT2D eigenvalue weighted by Crippen LogP contribution is -2.27. The van der Waals surface area contributed by atoms with Crippen LogP contribution in [0.25, 0.3) is 0 Å². The third-order valence-corrected chi connectivity index (χ3v) is 4.04. The third kappa shape index (κ3) is 2.98. The zero-order valence-corrected chi connectivity index (χ0v) is 11.2. The molecule has 1 N–H and O–H groups in total. The summed E-state index contributed by atoms with van der Waals surface area (Å²) >= 11 is 3.60. The molecule has 1 unspecified atom stereocenters. The van der Waals surface area contributed by atoms with E-state index in [1.54, 1.807) is 0 Å². The van der Waals surface area contributed by atoms with Gasteiger partial charge in [-0.25, -0.2) is 0 Å². The summed E-state index contributed by atoms with van der Waals surface area (Å²) in [6.07, 6.45) is 4.06. The van der Waals surface area contributed by atoms with Gasteiger partial charge in [-0.15, -0.1) is 0 Å². The third-order valence-electron chi connectivity index (χ3n) is 2.99. The number of ether oxygens (including phenoxy) is 1. The van der Waals surface area contributed by atoms with Crippen molar-refractivity contribution in [1.82, 2.24) is 0 Å². The Balaban J connectivity index is 1.91. The van der Waals surface area contributed by atoms with E-state index in [2.05, 4.69) is 46.4 Å². The fourth-order valence-corrected chi connectivity index (χ4v) is 2.38. The fraction of sp³-hybridized carbons (Fsp3) is 0.538. The van der Waals surface area contributed by atoms with Gasteiger partial charge in [0.1, 0.15) is 0 Å². The predicted octanol–water partition coefficient (Wildman–Crippen LogP) is 3.74. The molecule has 0 aliphatic carbocycles. The van der Waals surface area contributed by atoms with Crippen LogP contribution in [0.3, 0.4) is 0 Å². The lowest BCUT2D eigenvalue weighted by Gasteiger charge is -2.23. The number of nitrogens with one attached hydrogen (secondary N) is 1. The Kier molecular flexibility index (Phi) is 4.24. The first-order valence-electron chi connectivity index (χ1n) is 5.88. The average molecular weight is 284 g/mol. The maximum atomic E-state index is 5.69. The van der Waals surface area contributed by atoms with Gasteiger partial charge in [-0.2, -0.15) is 0 Å². The summed E-state index contributed by atoms with van der Waals surface area (Å²) in [6, 6.07) is 6.27. The highest BCUT2D eigenvalue weighted by Gasteiger charge is 2.13. The number of halogens is 1. The van der Waals surface area contributed by atoms with Gasteiger partial charge >= 0.3 is 0 Å². The summed E-state index contributed by atoms with van der Waals surface area (Å²) in [4.78, 5) is 0.